The topological polar surface area (TPSA) is 36.2 Å². The highest BCUT2D eigenvalue weighted by Crippen LogP contribution is 2.02. The van der Waals surface area contributed by atoms with Crippen molar-refractivity contribution in [2.24, 2.45) is 16.8 Å². The van der Waals surface area contributed by atoms with Crippen LogP contribution in [0.2, 0.25) is 0 Å². The van der Waals surface area contributed by atoms with Gasteiger partial charge in [0, 0.05) is 11.6 Å². The van der Waals surface area contributed by atoms with E-state index in [1.165, 1.54) is 0 Å². The minimum atomic E-state index is 0.193. The van der Waals surface area contributed by atoms with E-state index in [2.05, 4.69) is 11.6 Å². The molecule has 0 aromatic carbocycles. The van der Waals surface area contributed by atoms with Gasteiger partial charge in [0.15, 0.2) is 0 Å². The maximum absolute atomic E-state index is 7.54. The smallest absolute Gasteiger partial charge is 0.123 e. The second kappa shape index (κ2) is 4.86. The fraction of sp³-hybridized carbons (Fsp3) is 0.600. The average Bonchev–Trinajstić information content (AvgIpc) is 1.98. The van der Waals surface area contributed by atoms with Crippen molar-refractivity contribution in [3.05, 3.63) is 12.7 Å². The van der Waals surface area contributed by atoms with Gasteiger partial charge in [0.05, 0.1) is 0 Å². The number of hydrogen-bond donors (Lipinski definition) is 1. The maximum Gasteiger partial charge on any atom is 0.123 e. The first kappa shape index (κ1) is 11.1. The van der Waals surface area contributed by atoms with E-state index in [4.69, 9.17) is 5.41 Å². The van der Waals surface area contributed by atoms with E-state index in [0.717, 1.165) is 5.71 Å². The van der Waals surface area contributed by atoms with E-state index < -0.39 is 0 Å². The molecular formula is C10H18N2. The molecule has 0 amide bonds. The quantitative estimate of drug-likeness (QED) is 0.494. The molecule has 0 fully saturated rings. The molecule has 0 aliphatic heterocycles. The number of amidine groups is 1. The summed E-state index contributed by atoms with van der Waals surface area (Å²) >= 11 is 0. The highest BCUT2D eigenvalue weighted by Gasteiger charge is 2.04. The van der Waals surface area contributed by atoms with Crippen molar-refractivity contribution in [1.29, 1.82) is 5.41 Å². The molecule has 0 bridgehead atoms. The first-order chi connectivity index (χ1) is 5.49. The van der Waals surface area contributed by atoms with Gasteiger partial charge in [-0.25, -0.2) is 4.99 Å². The lowest BCUT2D eigenvalue weighted by molar-refractivity contribution is 0.852. The molecule has 0 aliphatic carbocycles. The first-order valence-corrected chi connectivity index (χ1v) is 4.28. The van der Waals surface area contributed by atoms with Crippen LogP contribution < -0.4 is 0 Å². The summed E-state index contributed by atoms with van der Waals surface area (Å²) in [5.74, 6) is 0.971. The van der Waals surface area contributed by atoms with E-state index in [0.29, 0.717) is 11.8 Å². The van der Waals surface area contributed by atoms with E-state index in [-0.39, 0.29) is 5.92 Å². The van der Waals surface area contributed by atoms with Crippen molar-refractivity contribution in [3.63, 3.8) is 0 Å². The Hall–Kier alpha value is -0.920. The molecular weight excluding hydrogens is 148 g/mol. The first-order valence-electron chi connectivity index (χ1n) is 4.28. The molecule has 0 unspecified atom stereocenters. The summed E-state index contributed by atoms with van der Waals surface area (Å²) in [7, 11) is 0. The van der Waals surface area contributed by atoms with Crippen molar-refractivity contribution < 1.29 is 0 Å². The Balaban J connectivity index is 4.49. The van der Waals surface area contributed by atoms with Crippen LogP contribution in [0.5, 0.6) is 0 Å². The summed E-state index contributed by atoms with van der Waals surface area (Å²) in [6.45, 7) is 11.7. The van der Waals surface area contributed by atoms with Gasteiger partial charge in [-0.05, 0) is 12.0 Å². The number of rotatable bonds is 3. The van der Waals surface area contributed by atoms with Crippen molar-refractivity contribution >= 4 is 11.5 Å². The molecule has 2 heteroatoms. The molecule has 0 saturated heterocycles. The molecule has 68 valence electrons. The molecule has 1 N–H and O–H groups in total. The lowest BCUT2D eigenvalue weighted by Crippen LogP contribution is -2.10. The van der Waals surface area contributed by atoms with Gasteiger partial charge in [-0.15, -0.1) is 0 Å². The standard InChI is InChI=1S/C10H18N2/c1-6-9(7(2)3)12-10(11)8(4)5/h6-8,11H,1H2,2-5H3. The Bertz CT molecular complexity index is 200. The van der Waals surface area contributed by atoms with Crippen LogP contribution in [-0.2, 0) is 0 Å². The molecule has 0 radical (unpaired) electrons. The lowest BCUT2D eigenvalue weighted by Gasteiger charge is -2.07. The Morgan fingerprint density at radius 3 is 2.00 bits per heavy atom. The molecule has 0 aliphatic rings. The van der Waals surface area contributed by atoms with Crippen LogP contribution in [0.15, 0.2) is 17.6 Å². The van der Waals surface area contributed by atoms with Crippen molar-refractivity contribution in [2.75, 3.05) is 0 Å². The Morgan fingerprint density at radius 2 is 1.75 bits per heavy atom. The van der Waals surface area contributed by atoms with Gasteiger partial charge in [0.1, 0.15) is 5.84 Å². The molecule has 0 aromatic heterocycles. The summed E-state index contributed by atoms with van der Waals surface area (Å²) in [6, 6.07) is 0. The van der Waals surface area contributed by atoms with E-state index in [1.54, 1.807) is 6.08 Å². The van der Waals surface area contributed by atoms with Gasteiger partial charge >= 0.3 is 0 Å². The third-order valence-corrected chi connectivity index (χ3v) is 1.60. The summed E-state index contributed by atoms with van der Waals surface area (Å²) in [5, 5.41) is 7.54. The molecule has 0 atom stereocenters. The zero-order valence-electron chi connectivity index (χ0n) is 8.39. The number of allylic oxidation sites excluding steroid dienone is 1. The Morgan fingerprint density at radius 1 is 1.25 bits per heavy atom. The maximum atomic E-state index is 7.54. The monoisotopic (exact) mass is 166 g/mol. The molecule has 2 nitrogen and oxygen atoms in total. The molecule has 0 heterocycles. The van der Waals surface area contributed by atoms with Crippen LogP contribution in [0.25, 0.3) is 0 Å². The minimum Gasteiger partial charge on any atom is -0.286 e. The molecule has 0 aromatic rings. The van der Waals surface area contributed by atoms with Gasteiger partial charge in [-0.1, -0.05) is 34.3 Å². The second-order valence-corrected chi connectivity index (χ2v) is 3.44. The summed E-state index contributed by atoms with van der Waals surface area (Å²) in [4.78, 5) is 4.18. The van der Waals surface area contributed by atoms with Crippen LogP contribution in [0, 0.1) is 17.2 Å². The number of hydrogen-bond acceptors (Lipinski definition) is 1. The lowest BCUT2D eigenvalue weighted by atomic mass is 10.1. The SMILES string of the molecule is C=CC(=NC(=N)C(C)C)C(C)C. The predicted octanol–water partition coefficient (Wildman–Crippen LogP) is 2.90. The third-order valence-electron chi connectivity index (χ3n) is 1.60. The van der Waals surface area contributed by atoms with E-state index in [1.807, 2.05) is 27.7 Å². The summed E-state index contributed by atoms with van der Waals surface area (Å²) in [5.41, 5.74) is 0.897. The Labute approximate surface area is 74.9 Å². The second-order valence-electron chi connectivity index (χ2n) is 3.44. The number of nitrogens with one attached hydrogen (secondary N) is 1. The van der Waals surface area contributed by atoms with Gasteiger partial charge in [0.2, 0.25) is 0 Å². The van der Waals surface area contributed by atoms with Crippen LogP contribution in [0.1, 0.15) is 27.7 Å². The zero-order chi connectivity index (χ0) is 9.72. The largest absolute Gasteiger partial charge is 0.286 e. The van der Waals surface area contributed by atoms with Gasteiger partial charge in [0.25, 0.3) is 0 Å². The van der Waals surface area contributed by atoms with Crippen LogP contribution in [-0.4, -0.2) is 11.5 Å². The molecule has 0 rings (SSSR count). The van der Waals surface area contributed by atoms with Crippen LogP contribution >= 0.6 is 0 Å². The number of nitrogens with zero attached hydrogens (tertiary/aromatic N) is 1. The van der Waals surface area contributed by atoms with Crippen LogP contribution in [0.3, 0.4) is 0 Å². The Kier molecular flexibility index (Phi) is 4.49. The fourth-order valence-electron chi connectivity index (χ4n) is 0.679. The summed E-state index contributed by atoms with van der Waals surface area (Å²) < 4.78 is 0. The fourth-order valence-corrected chi connectivity index (χ4v) is 0.679. The van der Waals surface area contributed by atoms with Crippen LogP contribution in [0.4, 0.5) is 0 Å². The van der Waals surface area contributed by atoms with Gasteiger partial charge in [-0.2, -0.15) is 0 Å². The highest BCUT2D eigenvalue weighted by atomic mass is 14.8. The molecule has 12 heavy (non-hydrogen) atoms. The van der Waals surface area contributed by atoms with Crippen molar-refractivity contribution in [1.82, 2.24) is 0 Å². The molecule has 0 saturated carbocycles. The normalized spacial score (nSPS) is 12.3. The van der Waals surface area contributed by atoms with E-state index >= 15 is 0 Å². The van der Waals surface area contributed by atoms with Crippen molar-refractivity contribution in [3.8, 4) is 0 Å². The molecule has 0 spiro atoms. The van der Waals surface area contributed by atoms with Gasteiger partial charge < -0.3 is 0 Å². The van der Waals surface area contributed by atoms with E-state index in [9.17, 15) is 0 Å². The van der Waals surface area contributed by atoms with Crippen molar-refractivity contribution in [2.45, 2.75) is 27.7 Å². The summed E-state index contributed by atoms with van der Waals surface area (Å²) in [6.07, 6.45) is 1.72. The zero-order valence-corrected chi connectivity index (χ0v) is 8.39. The predicted molar refractivity (Wildman–Crippen MR) is 55.0 cm³/mol. The number of aliphatic imine (C=N–C) groups is 1. The van der Waals surface area contributed by atoms with Gasteiger partial charge in [-0.3, -0.25) is 5.41 Å². The third kappa shape index (κ3) is 3.46. The highest BCUT2D eigenvalue weighted by molar-refractivity contribution is 6.04. The minimum absolute atomic E-state index is 0.193. The average molecular weight is 166 g/mol.